The van der Waals surface area contributed by atoms with E-state index in [0.29, 0.717) is 11.7 Å². The first-order valence-electron chi connectivity index (χ1n) is 6.64. The second kappa shape index (κ2) is 6.98. The van der Waals surface area contributed by atoms with E-state index in [-0.39, 0.29) is 5.78 Å². The summed E-state index contributed by atoms with van der Waals surface area (Å²) in [6.07, 6.45) is 1.18. The van der Waals surface area contributed by atoms with Gasteiger partial charge in [-0.1, -0.05) is 26.3 Å². The van der Waals surface area contributed by atoms with E-state index in [9.17, 15) is 4.79 Å². The lowest BCUT2D eigenvalue weighted by molar-refractivity contribution is 0.102. The number of hydrogen-bond acceptors (Lipinski definition) is 2. The van der Waals surface area contributed by atoms with Crippen LogP contribution in [0, 0.1) is 26.7 Å². The van der Waals surface area contributed by atoms with Gasteiger partial charge in [0.15, 0.2) is 5.78 Å². The number of carbonyl (C=O) groups is 1. The van der Waals surface area contributed by atoms with Crippen LogP contribution in [0.25, 0.3) is 0 Å². The molecule has 1 aromatic carbocycles. The third-order valence-corrected chi connectivity index (χ3v) is 4.74. The molecule has 18 heavy (non-hydrogen) atoms. The number of ketones is 1. The van der Waals surface area contributed by atoms with E-state index in [4.69, 9.17) is 0 Å². The van der Waals surface area contributed by atoms with Gasteiger partial charge in [-0.3, -0.25) is 4.79 Å². The predicted octanol–water partition coefficient (Wildman–Crippen LogP) is 4.57. The zero-order chi connectivity index (χ0) is 13.7. The summed E-state index contributed by atoms with van der Waals surface area (Å²) in [5, 5.41) is 0. The fourth-order valence-corrected chi connectivity index (χ4v) is 2.91. The number of carbonyl (C=O) groups excluding carboxylic acids is 1. The monoisotopic (exact) mass is 264 g/mol. The van der Waals surface area contributed by atoms with Gasteiger partial charge in [0.1, 0.15) is 0 Å². The number of rotatable bonds is 6. The molecule has 0 fully saturated rings. The third-order valence-electron chi connectivity index (χ3n) is 3.47. The summed E-state index contributed by atoms with van der Waals surface area (Å²) >= 11 is 1.76. The molecule has 0 aromatic heterocycles. The van der Waals surface area contributed by atoms with Crippen molar-refractivity contribution in [2.75, 3.05) is 11.5 Å². The van der Waals surface area contributed by atoms with Crippen molar-refractivity contribution in [2.45, 2.75) is 41.0 Å². The average molecular weight is 264 g/mol. The first-order chi connectivity index (χ1) is 8.45. The van der Waals surface area contributed by atoms with Crippen LogP contribution in [0.3, 0.4) is 0 Å². The van der Waals surface area contributed by atoms with Crippen LogP contribution in [0.15, 0.2) is 12.1 Å². The van der Waals surface area contributed by atoms with Crippen molar-refractivity contribution in [3.8, 4) is 0 Å². The van der Waals surface area contributed by atoms with Crippen LogP contribution in [0.1, 0.15) is 47.3 Å². The van der Waals surface area contributed by atoms with Crippen LogP contribution in [-0.4, -0.2) is 17.3 Å². The average Bonchev–Trinajstić information content (AvgIpc) is 2.33. The highest BCUT2D eigenvalue weighted by atomic mass is 32.2. The lowest BCUT2D eigenvalue weighted by atomic mass is 9.99. The van der Waals surface area contributed by atoms with Gasteiger partial charge in [-0.25, -0.2) is 0 Å². The minimum Gasteiger partial charge on any atom is -0.293 e. The summed E-state index contributed by atoms with van der Waals surface area (Å²) in [6.45, 7) is 10.6. The lowest BCUT2D eigenvalue weighted by Crippen LogP contribution is -2.08. The summed E-state index contributed by atoms with van der Waals surface area (Å²) in [5.41, 5.74) is 4.47. The Balaban J connectivity index is 2.64. The molecule has 1 aromatic rings. The van der Waals surface area contributed by atoms with Crippen molar-refractivity contribution >= 4 is 17.5 Å². The molecule has 1 unspecified atom stereocenters. The summed E-state index contributed by atoms with van der Waals surface area (Å²) in [6, 6.07) is 4.15. The molecule has 0 bridgehead atoms. The van der Waals surface area contributed by atoms with E-state index in [0.717, 1.165) is 16.9 Å². The van der Waals surface area contributed by atoms with E-state index in [1.807, 2.05) is 13.0 Å². The maximum Gasteiger partial charge on any atom is 0.172 e. The summed E-state index contributed by atoms with van der Waals surface area (Å²) < 4.78 is 0. The van der Waals surface area contributed by atoms with Gasteiger partial charge in [-0.2, -0.15) is 11.8 Å². The Morgan fingerprint density at radius 3 is 2.39 bits per heavy atom. The fourth-order valence-electron chi connectivity index (χ4n) is 1.81. The zero-order valence-electron chi connectivity index (χ0n) is 12.2. The zero-order valence-corrected chi connectivity index (χ0v) is 13.0. The molecule has 100 valence electrons. The summed E-state index contributed by atoms with van der Waals surface area (Å²) in [5.74, 6) is 2.65. The van der Waals surface area contributed by atoms with E-state index >= 15 is 0 Å². The van der Waals surface area contributed by atoms with Crippen molar-refractivity contribution in [2.24, 2.45) is 5.92 Å². The largest absolute Gasteiger partial charge is 0.293 e. The van der Waals surface area contributed by atoms with Gasteiger partial charge in [0, 0.05) is 5.56 Å². The van der Waals surface area contributed by atoms with Crippen LogP contribution in [0.5, 0.6) is 0 Å². The van der Waals surface area contributed by atoms with Gasteiger partial charge in [-0.05, 0) is 55.2 Å². The molecule has 0 aliphatic heterocycles. The van der Waals surface area contributed by atoms with Gasteiger partial charge in [0.25, 0.3) is 0 Å². The first-order valence-corrected chi connectivity index (χ1v) is 7.80. The van der Waals surface area contributed by atoms with Crippen LogP contribution in [0.2, 0.25) is 0 Å². The molecule has 0 N–H and O–H groups in total. The number of Topliss-reactive ketones (excluding diaryl/α,β-unsaturated/α-hetero) is 1. The minimum absolute atomic E-state index is 0.268. The topological polar surface area (TPSA) is 17.1 Å². The maximum atomic E-state index is 12.2. The number of hydrogen-bond donors (Lipinski definition) is 0. The summed E-state index contributed by atoms with van der Waals surface area (Å²) in [4.78, 5) is 12.2. The van der Waals surface area contributed by atoms with Crippen LogP contribution >= 0.6 is 11.8 Å². The second-order valence-corrected chi connectivity index (χ2v) is 6.23. The molecular formula is C16H24OS. The fraction of sp³-hybridized carbons (Fsp3) is 0.562. The lowest BCUT2D eigenvalue weighted by Gasteiger charge is -2.10. The van der Waals surface area contributed by atoms with Gasteiger partial charge in [-0.15, -0.1) is 0 Å². The van der Waals surface area contributed by atoms with Gasteiger partial charge < -0.3 is 0 Å². The molecule has 0 amide bonds. The van der Waals surface area contributed by atoms with Crippen molar-refractivity contribution in [1.29, 1.82) is 0 Å². The molecule has 0 radical (unpaired) electrons. The van der Waals surface area contributed by atoms with E-state index in [2.05, 4.69) is 33.8 Å². The normalized spacial score (nSPS) is 12.5. The molecule has 1 rings (SSSR count). The highest BCUT2D eigenvalue weighted by molar-refractivity contribution is 7.99. The third kappa shape index (κ3) is 4.16. The predicted molar refractivity (Wildman–Crippen MR) is 81.8 cm³/mol. The molecule has 0 saturated carbocycles. The number of thioether (sulfide) groups is 1. The Kier molecular flexibility index (Phi) is 5.94. The minimum atomic E-state index is 0.268. The maximum absolute atomic E-state index is 12.2. The highest BCUT2D eigenvalue weighted by Crippen LogP contribution is 2.19. The smallest absolute Gasteiger partial charge is 0.172 e. The Bertz CT molecular complexity index is 423. The molecule has 0 heterocycles. The van der Waals surface area contributed by atoms with Crippen LogP contribution in [-0.2, 0) is 0 Å². The van der Waals surface area contributed by atoms with E-state index in [1.165, 1.54) is 17.5 Å². The number of benzene rings is 1. The van der Waals surface area contributed by atoms with Gasteiger partial charge in [0.2, 0.25) is 0 Å². The molecule has 1 nitrogen and oxygen atoms in total. The molecular weight excluding hydrogens is 240 g/mol. The second-order valence-electron chi connectivity index (χ2n) is 5.20. The quantitative estimate of drug-likeness (QED) is 0.700. The molecule has 2 heteroatoms. The van der Waals surface area contributed by atoms with Crippen molar-refractivity contribution in [1.82, 2.24) is 0 Å². The standard InChI is InChI=1S/C16H24OS/c1-6-11(2)9-18-10-16(17)15-8-13(4)12(3)7-14(15)5/h7-8,11H,6,9-10H2,1-5H3. The Labute approximate surface area is 115 Å². The Morgan fingerprint density at radius 1 is 1.17 bits per heavy atom. The van der Waals surface area contributed by atoms with Crippen molar-refractivity contribution < 1.29 is 4.79 Å². The van der Waals surface area contributed by atoms with E-state index in [1.54, 1.807) is 11.8 Å². The van der Waals surface area contributed by atoms with Gasteiger partial charge >= 0.3 is 0 Å². The summed E-state index contributed by atoms with van der Waals surface area (Å²) in [7, 11) is 0. The molecule has 0 aliphatic carbocycles. The SMILES string of the molecule is CCC(C)CSCC(=O)c1cc(C)c(C)cc1C. The molecule has 0 spiro atoms. The van der Waals surface area contributed by atoms with Crippen LogP contribution < -0.4 is 0 Å². The van der Waals surface area contributed by atoms with Crippen LogP contribution in [0.4, 0.5) is 0 Å². The molecule has 0 saturated heterocycles. The van der Waals surface area contributed by atoms with Gasteiger partial charge in [0.05, 0.1) is 5.75 Å². The highest BCUT2D eigenvalue weighted by Gasteiger charge is 2.11. The molecule has 1 atom stereocenters. The molecule has 0 aliphatic rings. The van der Waals surface area contributed by atoms with Crippen molar-refractivity contribution in [3.63, 3.8) is 0 Å². The van der Waals surface area contributed by atoms with E-state index < -0.39 is 0 Å². The Hall–Kier alpha value is -0.760. The Morgan fingerprint density at radius 2 is 1.78 bits per heavy atom. The van der Waals surface area contributed by atoms with Crippen molar-refractivity contribution in [3.05, 3.63) is 34.4 Å². The first kappa shape index (κ1) is 15.3. The number of aryl methyl sites for hydroxylation is 3.